The standard InChI is InChI=1S/C16H21N3S/c1-20-16(9-5-2-6-10-16)11-17-15-13-7-3-4-8-14(13)18-12-19-15/h3-4,7-8,12H,2,5-6,9-11H2,1H3,(H,17,18,19). The SMILES string of the molecule is CSC1(CNc2ncnc3ccccc23)CCCCC1. The Morgan fingerprint density at radius 2 is 1.95 bits per heavy atom. The Balaban J connectivity index is 1.79. The fourth-order valence-corrected chi connectivity index (χ4v) is 3.95. The Labute approximate surface area is 124 Å². The average Bonchev–Trinajstić information content (AvgIpc) is 2.54. The predicted octanol–water partition coefficient (Wildman–Crippen LogP) is 4.11. The van der Waals surface area contributed by atoms with E-state index in [4.69, 9.17) is 0 Å². The van der Waals surface area contributed by atoms with E-state index in [1.54, 1.807) is 6.33 Å². The van der Waals surface area contributed by atoms with Crippen LogP contribution in [-0.2, 0) is 0 Å². The van der Waals surface area contributed by atoms with Crippen LogP contribution in [0.5, 0.6) is 0 Å². The Morgan fingerprint density at radius 3 is 2.75 bits per heavy atom. The quantitative estimate of drug-likeness (QED) is 0.918. The highest BCUT2D eigenvalue weighted by Gasteiger charge is 2.31. The predicted molar refractivity (Wildman–Crippen MR) is 87.4 cm³/mol. The number of thioether (sulfide) groups is 1. The third-order valence-electron chi connectivity index (χ3n) is 4.32. The number of aromatic nitrogens is 2. The van der Waals surface area contributed by atoms with Crippen molar-refractivity contribution in [2.75, 3.05) is 18.1 Å². The van der Waals surface area contributed by atoms with Gasteiger partial charge in [-0.3, -0.25) is 0 Å². The Bertz CT molecular complexity index is 573. The first-order valence-electron chi connectivity index (χ1n) is 7.32. The summed E-state index contributed by atoms with van der Waals surface area (Å²) < 4.78 is 0.379. The van der Waals surface area contributed by atoms with E-state index >= 15 is 0 Å². The first-order valence-corrected chi connectivity index (χ1v) is 8.54. The number of nitrogens with zero attached hydrogens (tertiary/aromatic N) is 2. The van der Waals surface area contributed by atoms with Gasteiger partial charge in [0.1, 0.15) is 12.1 Å². The van der Waals surface area contributed by atoms with Gasteiger partial charge in [-0.25, -0.2) is 9.97 Å². The van der Waals surface area contributed by atoms with Crippen LogP contribution in [0.3, 0.4) is 0 Å². The maximum absolute atomic E-state index is 4.43. The summed E-state index contributed by atoms with van der Waals surface area (Å²) in [6.07, 6.45) is 10.6. The van der Waals surface area contributed by atoms with E-state index in [1.165, 1.54) is 32.1 Å². The summed E-state index contributed by atoms with van der Waals surface area (Å²) in [6, 6.07) is 8.18. The fourth-order valence-electron chi connectivity index (χ4n) is 3.04. The van der Waals surface area contributed by atoms with Gasteiger partial charge in [-0.1, -0.05) is 31.4 Å². The zero-order chi connectivity index (χ0) is 13.8. The second-order valence-corrected chi connectivity index (χ2v) is 6.82. The summed E-state index contributed by atoms with van der Waals surface area (Å²) in [5.74, 6) is 0.967. The van der Waals surface area contributed by atoms with Crippen LogP contribution < -0.4 is 5.32 Å². The molecule has 1 N–H and O–H groups in total. The van der Waals surface area contributed by atoms with Gasteiger partial charge < -0.3 is 5.32 Å². The highest BCUT2D eigenvalue weighted by Crippen LogP contribution is 2.38. The van der Waals surface area contributed by atoms with Crippen molar-refractivity contribution in [3.05, 3.63) is 30.6 Å². The van der Waals surface area contributed by atoms with Gasteiger partial charge >= 0.3 is 0 Å². The third-order valence-corrected chi connectivity index (χ3v) is 5.74. The molecule has 0 amide bonds. The van der Waals surface area contributed by atoms with E-state index in [-0.39, 0.29) is 0 Å². The van der Waals surface area contributed by atoms with Crippen molar-refractivity contribution in [2.45, 2.75) is 36.9 Å². The zero-order valence-electron chi connectivity index (χ0n) is 11.9. The Hall–Kier alpha value is -1.29. The van der Waals surface area contributed by atoms with Gasteiger partial charge in [0.15, 0.2) is 0 Å². The molecule has 1 aliphatic carbocycles. The van der Waals surface area contributed by atoms with Gasteiger partial charge in [-0.15, -0.1) is 0 Å². The molecule has 4 heteroatoms. The monoisotopic (exact) mass is 287 g/mol. The average molecular weight is 287 g/mol. The summed E-state index contributed by atoms with van der Waals surface area (Å²) in [7, 11) is 0. The van der Waals surface area contributed by atoms with Crippen LogP contribution in [0, 0.1) is 0 Å². The molecule has 1 saturated carbocycles. The fraction of sp³-hybridized carbons (Fsp3) is 0.500. The normalized spacial score (nSPS) is 18.1. The van der Waals surface area contributed by atoms with Crippen LogP contribution in [-0.4, -0.2) is 27.5 Å². The lowest BCUT2D eigenvalue weighted by Crippen LogP contribution is -2.35. The number of anilines is 1. The zero-order valence-corrected chi connectivity index (χ0v) is 12.7. The molecule has 0 spiro atoms. The van der Waals surface area contributed by atoms with E-state index in [0.717, 1.165) is 23.3 Å². The Morgan fingerprint density at radius 1 is 1.15 bits per heavy atom. The highest BCUT2D eigenvalue weighted by atomic mass is 32.2. The van der Waals surface area contributed by atoms with Crippen LogP contribution >= 0.6 is 11.8 Å². The van der Waals surface area contributed by atoms with Crippen molar-refractivity contribution in [1.29, 1.82) is 0 Å². The van der Waals surface area contributed by atoms with Gasteiger partial charge in [-0.05, 0) is 31.2 Å². The lowest BCUT2D eigenvalue weighted by atomic mass is 9.88. The minimum Gasteiger partial charge on any atom is -0.368 e. The van der Waals surface area contributed by atoms with Gasteiger partial charge in [0.05, 0.1) is 5.52 Å². The van der Waals surface area contributed by atoms with Crippen LogP contribution in [0.2, 0.25) is 0 Å². The molecule has 0 aliphatic heterocycles. The summed E-state index contributed by atoms with van der Waals surface area (Å²) in [6.45, 7) is 0.995. The summed E-state index contributed by atoms with van der Waals surface area (Å²) >= 11 is 2.01. The van der Waals surface area contributed by atoms with E-state index in [1.807, 2.05) is 30.0 Å². The maximum atomic E-state index is 4.43. The number of rotatable bonds is 4. The molecular weight excluding hydrogens is 266 g/mol. The minimum atomic E-state index is 0.379. The lowest BCUT2D eigenvalue weighted by Gasteiger charge is -2.36. The van der Waals surface area contributed by atoms with E-state index in [2.05, 4.69) is 27.6 Å². The van der Waals surface area contributed by atoms with Gasteiger partial charge in [0.2, 0.25) is 0 Å². The molecule has 1 aromatic carbocycles. The molecule has 0 radical (unpaired) electrons. The molecule has 1 fully saturated rings. The summed E-state index contributed by atoms with van der Waals surface area (Å²) in [5.41, 5.74) is 1.01. The van der Waals surface area contributed by atoms with Gasteiger partial charge in [0, 0.05) is 16.7 Å². The molecule has 3 rings (SSSR count). The Kier molecular flexibility index (Phi) is 4.10. The van der Waals surface area contributed by atoms with Gasteiger partial charge in [0.25, 0.3) is 0 Å². The van der Waals surface area contributed by atoms with E-state index < -0.39 is 0 Å². The molecule has 0 saturated heterocycles. The molecular formula is C16H21N3S. The number of hydrogen-bond acceptors (Lipinski definition) is 4. The van der Waals surface area contributed by atoms with Crippen LogP contribution in [0.25, 0.3) is 10.9 Å². The number of fused-ring (bicyclic) bond motifs is 1. The minimum absolute atomic E-state index is 0.379. The van der Waals surface area contributed by atoms with Crippen molar-refractivity contribution in [3.63, 3.8) is 0 Å². The van der Waals surface area contributed by atoms with Crippen molar-refractivity contribution in [2.24, 2.45) is 0 Å². The highest BCUT2D eigenvalue weighted by molar-refractivity contribution is 8.00. The van der Waals surface area contributed by atoms with Crippen LogP contribution in [0.4, 0.5) is 5.82 Å². The summed E-state index contributed by atoms with van der Waals surface area (Å²) in [4.78, 5) is 8.74. The van der Waals surface area contributed by atoms with E-state index in [0.29, 0.717) is 4.75 Å². The van der Waals surface area contributed by atoms with Crippen molar-refractivity contribution in [3.8, 4) is 0 Å². The maximum Gasteiger partial charge on any atom is 0.137 e. The van der Waals surface area contributed by atoms with Crippen LogP contribution in [0.15, 0.2) is 30.6 Å². The first kappa shape index (κ1) is 13.7. The second-order valence-electron chi connectivity index (χ2n) is 5.54. The molecule has 20 heavy (non-hydrogen) atoms. The molecule has 3 nitrogen and oxygen atoms in total. The third kappa shape index (κ3) is 2.75. The molecule has 0 unspecified atom stereocenters. The number of benzene rings is 1. The van der Waals surface area contributed by atoms with Crippen LogP contribution in [0.1, 0.15) is 32.1 Å². The molecule has 0 bridgehead atoms. The molecule has 1 aromatic heterocycles. The smallest absolute Gasteiger partial charge is 0.137 e. The molecule has 0 atom stereocenters. The molecule has 1 heterocycles. The van der Waals surface area contributed by atoms with Crippen molar-refractivity contribution < 1.29 is 0 Å². The lowest BCUT2D eigenvalue weighted by molar-refractivity contribution is 0.411. The molecule has 2 aromatic rings. The number of para-hydroxylation sites is 1. The van der Waals surface area contributed by atoms with E-state index in [9.17, 15) is 0 Å². The first-order chi connectivity index (χ1) is 9.83. The number of nitrogens with one attached hydrogen (secondary N) is 1. The largest absolute Gasteiger partial charge is 0.368 e. The van der Waals surface area contributed by atoms with Gasteiger partial charge in [-0.2, -0.15) is 11.8 Å². The molecule has 1 aliphatic rings. The van der Waals surface area contributed by atoms with Crippen molar-refractivity contribution >= 4 is 28.5 Å². The van der Waals surface area contributed by atoms with Crippen molar-refractivity contribution in [1.82, 2.24) is 9.97 Å². The number of hydrogen-bond donors (Lipinski definition) is 1. The second kappa shape index (κ2) is 6.00. The summed E-state index contributed by atoms with van der Waals surface area (Å²) in [5, 5.41) is 4.69. The molecule has 106 valence electrons. The topological polar surface area (TPSA) is 37.8 Å².